The maximum Gasteiger partial charge on any atom is 0.222 e. The van der Waals surface area contributed by atoms with Crippen molar-refractivity contribution < 1.29 is 18.7 Å². The number of carbonyl (C=O) groups is 1. The first-order valence-electron chi connectivity index (χ1n) is 8.10. The van der Waals surface area contributed by atoms with Crippen molar-refractivity contribution in [2.24, 2.45) is 0 Å². The summed E-state index contributed by atoms with van der Waals surface area (Å²) in [5.74, 6) is 0.954. The van der Waals surface area contributed by atoms with E-state index in [4.69, 9.17) is 9.47 Å². The SMILES string of the molecule is O=C(C[C@H]1CCCO1)NCc1ccc(Oc2ccc(F)cc2)cc1. The van der Waals surface area contributed by atoms with Crippen LogP contribution in [-0.4, -0.2) is 18.6 Å². The lowest BCUT2D eigenvalue weighted by Gasteiger charge is -2.10. The highest BCUT2D eigenvalue weighted by atomic mass is 19.1. The molecule has 2 aromatic rings. The van der Waals surface area contributed by atoms with Crippen molar-refractivity contribution in [1.82, 2.24) is 5.32 Å². The van der Waals surface area contributed by atoms with Gasteiger partial charge in [-0.25, -0.2) is 4.39 Å². The molecule has 1 heterocycles. The Kier molecular flexibility index (Phi) is 5.43. The molecule has 0 aromatic heterocycles. The molecule has 0 spiro atoms. The molecule has 1 atom stereocenters. The van der Waals surface area contributed by atoms with E-state index in [1.54, 1.807) is 12.1 Å². The Morgan fingerprint density at radius 3 is 2.42 bits per heavy atom. The van der Waals surface area contributed by atoms with Crippen molar-refractivity contribution in [1.29, 1.82) is 0 Å². The van der Waals surface area contributed by atoms with Crippen LogP contribution in [0.4, 0.5) is 4.39 Å². The molecule has 5 heteroatoms. The molecule has 0 radical (unpaired) electrons. The molecule has 1 saturated heterocycles. The van der Waals surface area contributed by atoms with Gasteiger partial charge in [-0.05, 0) is 54.8 Å². The summed E-state index contributed by atoms with van der Waals surface area (Å²) in [6.45, 7) is 1.23. The summed E-state index contributed by atoms with van der Waals surface area (Å²) in [5, 5.41) is 2.90. The van der Waals surface area contributed by atoms with E-state index in [9.17, 15) is 9.18 Å². The topological polar surface area (TPSA) is 47.6 Å². The molecule has 0 unspecified atom stereocenters. The lowest BCUT2D eigenvalue weighted by atomic mass is 10.1. The van der Waals surface area contributed by atoms with E-state index < -0.39 is 0 Å². The molecule has 1 aliphatic heterocycles. The fraction of sp³-hybridized carbons (Fsp3) is 0.316. The molecule has 1 N–H and O–H groups in total. The highest BCUT2D eigenvalue weighted by Crippen LogP contribution is 2.22. The number of hydrogen-bond donors (Lipinski definition) is 1. The second-order valence-electron chi connectivity index (χ2n) is 5.82. The molecule has 0 aliphatic carbocycles. The Morgan fingerprint density at radius 2 is 1.79 bits per heavy atom. The molecule has 1 fully saturated rings. The molecule has 2 aromatic carbocycles. The number of carbonyl (C=O) groups excluding carboxylic acids is 1. The first-order chi connectivity index (χ1) is 11.7. The predicted octanol–water partition coefficient (Wildman–Crippen LogP) is 3.80. The fourth-order valence-electron chi connectivity index (χ4n) is 2.60. The van der Waals surface area contributed by atoms with Gasteiger partial charge in [-0.2, -0.15) is 0 Å². The number of amides is 1. The van der Waals surface area contributed by atoms with Gasteiger partial charge in [0.05, 0.1) is 12.5 Å². The summed E-state index contributed by atoms with van der Waals surface area (Å²) in [6.07, 6.45) is 2.48. The van der Waals surface area contributed by atoms with E-state index in [1.807, 2.05) is 24.3 Å². The molecule has 0 bridgehead atoms. The summed E-state index contributed by atoms with van der Waals surface area (Å²) < 4.78 is 23.9. The second-order valence-corrected chi connectivity index (χ2v) is 5.82. The molecular formula is C19H20FNO3. The molecule has 1 aliphatic rings. The first kappa shape index (κ1) is 16.5. The van der Waals surface area contributed by atoms with Gasteiger partial charge in [-0.15, -0.1) is 0 Å². The van der Waals surface area contributed by atoms with Crippen molar-refractivity contribution in [3.63, 3.8) is 0 Å². The van der Waals surface area contributed by atoms with Crippen LogP contribution in [0.15, 0.2) is 48.5 Å². The zero-order valence-electron chi connectivity index (χ0n) is 13.3. The summed E-state index contributed by atoms with van der Waals surface area (Å²) in [5.41, 5.74) is 0.988. The van der Waals surface area contributed by atoms with Crippen LogP contribution in [-0.2, 0) is 16.1 Å². The van der Waals surface area contributed by atoms with E-state index in [-0.39, 0.29) is 17.8 Å². The third-order valence-corrected chi connectivity index (χ3v) is 3.90. The Hall–Kier alpha value is -2.40. The van der Waals surface area contributed by atoms with Crippen LogP contribution < -0.4 is 10.1 Å². The lowest BCUT2D eigenvalue weighted by molar-refractivity contribution is -0.123. The minimum Gasteiger partial charge on any atom is -0.457 e. The van der Waals surface area contributed by atoms with E-state index in [1.165, 1.54) is 12.1 Å². The third-order valence-electron chi connectivity index (χ3n) is 3.90. The lowest BCUT2D eigenvalue weighted by Crippen LogP contribution is -2.26. The van der Waals surface area contributed by atoms with E-state index in [0.717, 1.165) is 25.0 Å². The standard InChI is InChI=1S/C19H20FNO3/c20-15-5-9-17(10-6-15)24-16-7-3-14(4-8-16)13-21-19(22)12-18-2-1-11-23-18/h3-10,18H,1-2,11-13H2,(H,21,22)/t18-/m1/s1. The number of benzene rings is 2. The molecule has 1 amide bonds. The normalized spacial score (nSPS) is 16.8. The Balaban J connectivity index is 1.47. The quantitative estimate of drug-likeness (QED) is 0.877. The summed E-state index contributed by atoms with van der Waals surface area (Å²) in [7, 11) is 0. The molecule has 0 saturated carbocycles. The highest BCUT2D eigenvalue weighted by molar-refractivity contribution is 5.76. The zero-order valence-corrected chi connectivity index (χ0v) is 13.3. The Morgan fingerprint density at radius 1 is 1.12 bits per heavy atom. The molecule has 3 rings (SSSR count). The minimum atomic E-state index is -0.295. The van der Waals surface area contributed by atoms with Crippen LogP contribution >= 0.6 is 0 Å². The van der Waals surface area contributed by atoms with Crippen LogP contribution in [0.3, 0.4) is 0 Å². The summed E-state index contributed by atoms with van der Waals surface area (Å²) in [4.78, 5) is 11.9. The van der Waals surface area contributed by atoms with Gasteiger partial charge in [0.1, 0.15) is 17.3 Å². The fourth-order valence-corrected chi connectivity index (χ4v) is 2.60. The van der Waals surface area contributed by atoms with Gasteiger partial charge in [0.25, 0.3) is 0 Å². The van der Waals surface area contributed by atoms with E-state index in [0.29, 0.717) is 24.5 Å². The number of rotatable bonds is 6. The molecular weight excluding hydrogens is 309 g/mol. The first-order valence-corrected chi connectivity index (χ1v) is 8.10. The number of ether oxygens (including phenoxy) is 2. The number of nitrogens with one attached hydrogen (secondary N) is 1. The van der Waals surface area contributed by atoms with Crippen LogP contribution in [0.2, 0.25) is 0 Å². The van der Waals surface area contributed by atoms with Crippen LogP contribution in [0.25, 0.3) is 0 Å². The van der Waals surface area contributed by atoms with Gasteiger partial charge in [-0.1, -0.05) is 12.1 Å². The van der Waals surface area contributed by atoms with Crippen molar-refractivity contribution in [3.8, 4) is 11.5 Å². The average Bonchev–Trinajstić information content (AvgIpc) is 3.09. The summed E-state index contributed by atoms with van der Waals surface area (Å²) in [6, 6.07) is 13.3. The maximum atomic E-state index is 12.9. The second kappa shape index (κ2) is 7.93. The van der Waals surface area contributed by atoms with Gasteiger partial charge >= 0.3 is 0 Å². The van der Waals surface area contributed by atoms with Gasteiger partial charge in [-0.3, -0.25) is 4.79 Å². The van der Waals surface area contributed by atoms with Crippen LogP contribution in [0.5, 0.6) is 11.5 Å². The third kappa shape index (κ3) is 4.80. The summed E-state index contributed by atoms with van der Waals surface area (Å²) >= 11 is 0. The predicted molar refractivity (Wildman–Crippen MR) is 88.4 cm³/mol. The van der Waals surface area contributed by atoms with Crippen LogP contribution in [0, 0.1) is 5.82 Å². The van der Waals surface area contributed by atoms with Gasteiger partial charge < -0.3 is 14.8 Å². The van der Waals surface area contributed by atoms with Crippen molar-refractivity contribution in [3.05, 3.63) is 59.9 Å². The zero-order chi connectivity index (χ0) is 16.8. The highest BCUT2D eigenvalue weighted by Gasteiger charge is 2.18. The van der Waals surface area contributed by atoms with Gasteiger partial charge in [0.15, 0.2) is 0 Å². The van der Waals surface area contributed by atoms with Crippen molar-refractivity contribution >= 4 is 5.91 Å². The monoisotopic (exact) mass is 329 g/mol. The maximum absolute atomic E-state index is 12.9. The van der Waals surface area contributed by atoms with Gasteiger partial charge in [0.2, 0.25) is 5.91 Å². The largest absolute Gasteiger partial charge is 0.457 e. The number of hydrogen-bond acceptors (Lipinski definition) is 3. The van der Waals surface area contributed by atoms with Crippen molar-refractivity contribution in [2.75, 3.05) is 6.61 Å². The van der Waals surface area contributed by atoms with E-state index >= 15 is 0 Å². The van der Waals surface area contributed by atoms with E-state index in [2.05, 4.69) is 5.32 Å². The minimum absolute atomic E-state index is 0.00791. The smallest absolute Gasteiger partial charge is 0.222 e. The Labute approximate surface area is 140 Å². The molecule has 4 nitrogen and oxygen atoms in total. The molecule has 24 heavy (non-hydrogen) atoms. The molecule has 126 valence electrons. The van der Waals surface area contributed by atoms with Crippen LogP contribution in [0.1, 0.15) is 24.8 Å². The van der Waals surface area contributed by atoms with Crippen molar-refractivity contribution in [2.45, 2.75) is 31.9 Å². The number of halogens is 1. The Bertz CT molecular complexity index is 664. The van der Waals surface area contributed by atoms with Gasteiger partial charge in [0, 0.05) is 13.2 Å². The average molecular weight is 329 g/mol.